The molecule has 0 spiro atoms. The van der Waals surface area contributed by atoms with Gasteiger partial charge in [-0.2, -0.15) is 0 Å². The zero-order valence-electron chi connectivity index (χ0n) is 13.4. The molecule has 0 aliphatic heterocycles. The summed E-state index contributed by atoms with van der Waals surface area (Å²) in [6.07, 6.45) is 12.1. The molecule has 0 N–H and O–H groups in total. The van der Waals surface area contributed by atoms with Crippen molar-refractivity contribution < 1.29 is 0 Å². The molecular formula is C22H22Ge. The van der Waals surface area contributed by atoms with Gasteiger partial charge in [-0.05, 0) is 0 Å². The molecule has 2 aromatic rings. The van der Waals surface area contributed by atoms with E-state index in [1.807, 2.05) is 0 Å². The van der Waals surface area contributed by atoms with Gasteiger partial charge in [-0.25, -0.2) is 0 Å². The predicted molar refractivity (Wildman–Crippen MR) is 101 cm³/mol. The second-order valence-corrected chi connectivity index (χ2v) is 9.66. The van der Waals surface area contributed by atoms with E-state index in [-0.39, 0.29) is 15.4 Å². The third-order valence-corrected chi connectivity index (χ3v) is 7.77. The zero-order chi connectivity index (χ0) is 15.5. The molecule has 0 amide bonds. The molecule has 0 saturated heterocycles. The molecular weight excluding hydrogens is 337 g/mol. The summed E-state index contributed by atoms with van der Waals surface area (Å²) in [5.41, 5.74) is 5.97. The van der Waals surface area contributed by atoms with Crippen LogP contribution in [0, 0.1) is 0 Å². The standard InChI is InChI=1S/C22H22Ge/c1-3-7-21-17(5-1)9-11-19(21)13-15-23-16-14-20-12-10-18-6-2-4-8-22(18)20/h1-12,19-20H,13-16H2. The molecule has 2 aromatic carbocycles. The van der Waals surface area contributed by atoms with Crippen LogP contribution in [0.4, 0.5) is 0 Å². The first-order valence-electron chi connectivity index (χ1n) is 8.67. The van der Waals surface area contributed by atoms with Crippen LogP contribution in [-0.4, -0.2) is 15.4 Å². The van der Waals surface area contributed by atoms with Gasteiger partial charge in [0, 0.05) is 0 Å². The number of allylic oxidation sites excluding steroid dienone is 2. The normalized spacial score (nSPS) is 20.7. The molecule has 1 heteroatoms. The van der Waals surface area contributed by atoms with Crippen LogP contribution >= 0.6 is 0 Å². The maximum atomic E-state index is 2.41. The number of rotatable bonds is 6. The Balaban J connectivity index is 1.22. The van der Waals surface area contributed by atoms with Crippen LogP contribution in [-0.2, 0) is 0 Å². The van der Waals surface area contributed by atoms with Crippen LogP contribution in [0.5, 0.6) is 0 Å². The average molecular weight is 359 g/mol. The van der Waals surface area contributed by atoms with Crippen molar-refractivity contribution in [3.05, 3.63) is 82.9 Å². The average Bonchev–Trinajstić information content (AvgIpc) is 3.19. The van der Waals surface area contributed by atoms with Gasteiger partial charge in [0.25, 0.3) is 0 Å². The Morgan fingerprint density at radius 3 is 1.65 bits per heavy atom. The third-order valence-electron chi connectivity index (χ3n) is 5.07. The molecule has 0 aromatic heterocycles. The zero-order valence-corrected chi connectivity index (χ0v) is 15.5. The Labute approximate surface area is 145 Å². The molecule has 0 bridgehead atoms. The number of benzene rings is 2. The SMILES string of the molecule is C1=CC(C[CH2][Ge][CH2]CC2C=Cc3ccccc32)c2ccccc21. The molecule has 2 radical (unpaired) electrons. The summed E-state index contributed by atoms with van der Waals surface area (Å²) in [5.74, 6) is 1.36. The van der Waals surface area contributed by atoms with E-state index in [1.165, 1.54) is 34.5 Å². The van der Waals surface area contributed by atoms with Gasteiger partial charge in [0.15, 0.2) is 0 Å². The first-order chi connectivity index (χ1) is 11.4. The molecule has 0 saturated carbocycles. The van der Waals surface area contributed by atoms with Gasteiger partial charge < -0.3 is 0 Å². The Bertz CT molecular complexity index is 678. The molecule has 2 unspecified atom stereocenters. The van der Waals surface area contributed by atoms with E-state index in [9.17, 15) is 0 Å². The number of hydrogen-bond donors (Lipinski definition) is 0. The van der Waals surface area contributed by atoms with Crippen molar-refractivity contribution in [3.63, 3.8) is 0 Å². The van der Waals surface area contributed by atoms with E-state index in [2.05, 4.69) is 72.8 Å². The molecule has 23 heavy (non-hydrogen) atoms. The van der Waals surface area contributed by atoms with Crippen molar-refractivity contribution in [1.82, 2.24) is 0 Å². The molecule has 2 aliphatic rings. The maximum absolute atomic E-state index is 2.41. The summed E-state index contributed by atoms with van der Waals surface area (Å²) < 4.78 is 0. The van der Waals surface area contributed by atoms with E-state index in [4.69, 9.17) is 0 Å². The fourth-order valence-corrected chi connectivity index (χ4v) is 6.48. The minimum absolute atomic E-state index is 0.203. The molecule has 4 rings (SSSR count). The van der Waals surface area contributed by atoms with Crippen LogP contribution in [0.1, 0.15) is 46.9 Å². The van der Waals surface area contributed by atoms with Crippen molar-refractivity contribution in [2.75, 3.05) is 0 Å². The number of hydrogen-bond acceptors (Lipinski definition) is 0. The van der Waals surface area contributed by atoms with Gasteiger partial charge in [-0.15, -0.1) is 0 Å². The topological polar surface area (TPSA) is 0 Å². The van der Waals surface area contributed by atoms with E-state index in [0.717, 1.165) is 0 Å². The van der Waals surface area contributed by atoms with Crippen LogP contribution in [0.25, 0.3) is 12.2 Å². The summed E-state index contributed by atoms with van der Waals surface area (Å²) >= 11 is 0.203. The fourth-order valence-electron chi connectivity index (χ4n) is 3.79. The summed E-state index contributed by atoms with van der Waals surface area (Å²) in [7, 11) is 0. The van der Waals surface area contributed by atoms with Crippen molar-refractivity contribution in [1.29, 1.82) is 0 Å². The monoisotopic (exact) mass is 360 g/mol. The Morgan fingerprint density at radius 2 is 1.13 bits per heavy atom. The van der Waals surface area contributed by atoms with Crippen molar-refractivity contribution in [2.24, 2.45) is 0 Å². The summed E-state index contributed by atoms with van der Waals surface area (Å²) in [6, 6.07) is 17.7. The second kappa shape index (κ2) is 6.92. The second-order valence-electron chi connectivity index (χ2n) is 6.52. The van der Waals surface area contributed by atoms with Gasteiger partial charge >= 0.3 is 146 Å². The minimum atomic E-state index is 0.203. The van der Waals surface area contributed by atoms with Crippen molar-refractivity contribution in [3.8, 4) is 0 Å². The van der Waals surface area contributed by atoms with Gasteiger partial charge in [-0.3, -0.25) is 0 Å². The Hall–Kier alpha value is -1.54. The summed E-state index contributed by atoms with van der Waals surface area (Å²) in [4.78, 5) is 0. The molecule has 2 atom stereocenters. The predicted octanol–water partition coefficient (Wildman–Crippen LogP) is 5.93. The third kappa shape index (κ3) is 3.23. The molecule has 114 valence electrons. The van der Waals surface area contributed by atoms with Crippen LogP contribution < -0.4 is 0 Å². The Morgan fingerprint density at radius 1 is 0.652 bits per heavy atom. The van der Waals surface area contributed by atoms with Crippen LogP contribution in [0.15, 0.2) is 60.7 Å². The van der Waals surface area contributed by atoms with Gasteiger partial charge in [0.2, 0.25) is 0 Å². The quantitative estimate of drug-likeness (QED) is 0.443. The fraction of sp³-hybridized carbons (Fsp3) is 0.273. The van der Waals surface area contributed by atoms with Gasteiger partial charge in [0.1, 0.15) is 0 Å². The van der Waals surface area contributed by atoms with Gasteiger partial charge in [0.05, 0.1) is 0 Å². The first-order valence-corrected chi connectivity index (χ1v) is 11.6. The van der Waals surface area contributed by atoms with E-state index >= 15 is 0 Å². The van der Waals surface area contributed by atoms with Crippen LogP contribution in [0.3, 0.4) is 0 Å². The summed E-state index contributed by atoms with van der Waals surface area (Å²) in [5, 5.41) is 2.92. The Kier molecular flexibility index (Phi) is 4.52. The van der Waals surface area contributed by atoms with E-state index < -0.39 is 0 Å². The summed E-state index contributed by atoms with van der Waals surface area (Å²) in [6.45, 7) is 0. The van der Waals surface area contributed by atoms with E-state index in [1.54, 1.807) is 11.1 Å². The molecule has 0 nitrogen and oxygen atoms in total. The molecule has 0 heterocycles. The first kappa shape index (κ1) is 15.0. The van der Waals surface area contributed by atoms with Crippen molar-refractivity contribution >= 4 is 27.6 Å². The molecule has 0 fully saturated rings. The molecule has 2 aliphatic carbocycles. The van der Waals surface area contributed by atoms with Gasteiger partial charge in [-0.1, -0.05) is 0 Å². The van der Waals surface area contributed by atoms with E-state index in [0.29, 0.717) is 11.8 Å². The van der Waals surface area contributed by atoms with Crippen molar-refractivity contribution in [2.45, 2.75) is 35.2 Å². The number of fused-ring (bicyclic) bond motifs is 2. The van der Waals surface area contributed by atoms with Crippen LogP contribution in [0.2, 0.25) is 10.5 Å².